The molecular formula is C13H17FO2S. The summed E-state index contributed by atoms with van der Waals surface area (Å²) in [6, 6.07) is 4.60. The Morgan fingerprint density at radius 3 is 2.59 bits per heavy atom. The van der Waals surface area contributed by atoms with Crippen molar-refractivity contribution >= 4 is 17.7 Å². The topological polar surface area (TPSA) is 37.3 Å². The van der Waals surface area contributed by atoms with Gasteiger partial charge in [-0.25, -0.2) is 4.39 Å². The molecule has 2 nitrogen and oxygen atoms in total. The van der Waals surface area contributed by atoms with Gasteiger partial charge in [0.05, 0.1) is 0 Å². The monoisotopic (exact) mass is 256 g/mol. The zero-order chi connectivity index (χ0) is 13.0. The zero-order valence-electron chi connectivity index (χ0n) is 10.2. The third-order valence-corrected chi connectivity index (χ3v) is 4.15. The molecule has 1 unspecified atom stereocenters. The van der Waals surface area contributed by atoms with E-state index in [-0.39, 0.29) is 11.7 Å². The first-order chi connectivity index (χ1) is 7.91. The van der Waals surface area contributed by atoms with Gasteiger partial charge in [0.2, 0.25) is 0 Å². The third-order valence-electron chi connectivity index (χ3n) is 2.57. The first-order valence-electron chi connectivity index (χ1n) is 5.51. The van der Waals surface area contributed by atoms with Crippen LogP contribution in [0.2, 0.25) is 0 Å². The van der Waals surface area contributed by atoms with Gasteiger partial charge in [-0.15, -0.1) is 11.8 Å². The second-order valence-corrected chi connectivity index (χ2v) is 5.51. The molecule has 0 spiro atoms. The van der Waals surface area contributed by atoms with E-state index in [1.165, 1.54) is 23.9 Å². The molecule has 94 valence electrons. The normalized spacial score (nSPS) is 12.8. The van der Waals surface area contributed by atoms with E-state index in [0.29, 0.717) is 5.75 Å². The van der Waals surface area contributed by atoms with E-state index in [0.717, 1.165) is 11.1 Å². The van der Waals surface area contributed by atoms with Crippen LogP contribution in [0.1, 0.15) is 25.0 Å². The number of halogens is 1. The Morgan fingerprint density at radius 2 is 2.12 bits per heavy atom. The Balaban J connectivity index is 2.69. The van der Waals surface area contributed by atoms with Crippen LogP contribution in [0.3, 0.4) is 0 Å². The predicted molar refractivity (Wildman–Crippen MR) is 68.7 cm³/mol. The van der Waals surface area contributed by atoms with E-state index in [9.17, 15) is 9.18 Å². The van der Waals surface area contributed by atoms with Crippen LogP contribution in [0.5, 0.6) is 0 Å². The molecule has 0 radical (unpaired) electrons. The minimum atomic E-state index is -0.787. The number of rotatable bonds is 5. The lowest BCUT2D eigenvalue weighted by atomic mass is 10.1. The van der Waals surface area contributed by atoms with Gasteiger partial charge in [0.1, 0.15) is 11.1 Å². The standard InChI is InChI=1S/C13H17FO2S/c1-8(2)12(13(15)16)17-7-10-4-5-11(14)6-9(10)3/h4-6,8,12H,7H2,1-3H3,(H,15,16). The van der Waals surface area contributed by atoms with E-state index in [2.05, 4.69) is 0 Å². The highest BCUT2D eigenvalue weighted by Crippen LogP contribution is 2.25. The van der Waals surface area contributed by atoms with Crippen molar-refractivity contribution in [1.29, 1.82) is 0 Å². The molecule has 1 aromatic carbocycles. The highest BCUT2D eigenvalue weighted by Gasteiger charge is 2.21. The second kappa shape index (κ2) is 6.05. The van der Waals surface area contributed by atoms with Crippen molar-refractivity contribution in [3.8, 4) is 0 Å². The maximum absolute atomic E-state index is 12.9. The molecule has 1 atom stereocenters. The number of carbonyl (C=O) groups is 1. The van der Waals surface area contributed by atoms with E-state index in [1.807, 2.05) is 20.8 Å². The van der Waals surface area contributed by atoms with Crippen LogP contribution in [0, 0.1) is 18.7 Å². The minimum absolute atomic E-state index is 0.0817. The van der Waals surface area contributed by atoms with Crippen molar-refractivity contribution < 1.29 is 14.3 Å². The van der Waals surface area contributed by atoms with E-state index in [4.69, 9.17) is 5.11 Å². The van der Waals surface area contributed by atoms with E-state index in [1.54, 1.807) is 6.07 Å². The SMILES string of the molecule is Cc1cc(F)ccc1CSC(C(=O)O)C(C)C. The van der Waals surface area contributed by atoms with Crippen LogP contribution in [0.4, 0.5) is 4.39 Å². The molecule has 0 saturated heterocycles. The maximum atomic E-state index is 12.9. The van der Waals surface area contributed by atoms with Crippen LogP contribution >= 0.6 is 11.8 Å². The first-order valence-corrected chi connectivity index (χ1v) is 6.56. The number of aliphatic carboxylic acids is 1. The largest absolute Gasteiger partial charge is 0.480 e. The van der Waals surface area contributed by atoms with Gasteiger partial charge in [0, 0.05) is 5.75 Å². The molecule has 17 heavy (non-hydrogen) atoms. The van der Waals surface area contributed by atoms with Gasteiger partial charge in [0.15, 0.2) is 0 Å². The van der Waals surface area contributed by atoms with Gasteiger partial charge < -0.3 is 5.11 Å². The lowest BCUT2D eigenvalue weighted by Gasteiger charge is -2.16. The van der Waals surface area contributed by atoms with Gasteiger partial charge >= 0.3 is 5.97 Å². The molecule has 0 heterocycles. The minimum Gasteiger partial charge on any atom is -0.480 e. The predicted octanol–water partition coefficient (Wildman–Crippen LogP) is 3.48. The van der Waals surface area contributed by atoms with Gasteiger partial charge in [-0.05, 0) is 36.1 Å². The van der Waals surface area contributed by atoms with Gasteiger partial charge in [-0.2, -0.15) is 0 Å². The molecule has 0 saturated carbocycles. The number of aryl methyl sites for hydroxylation is 1. The molecular weight excluding hydrogens is 239 g/mol. The molecule has 1 rings (SSSR count). The number of thioether (sulfide) groups is 1. The summed E-state index contributed by atoms with van der Waals surface area (Å²) in [5.74, 6) is -0.362. The molecule has 0 aliphatic heterocycles. The van der Waals surface area contributed by atoms with E-state index < -0.39 is 11.2 Å². The Labute approximate surface area is 105 Å². The molecule has 0 aliphatic carbocycles. The fraction of sp³-hybridized carbons (Fsp3) is 0.462. The summed E-state index contributed by atoms with van der Waals surface area (Å²) in [6.45, 7) is 5.62. The van der Waals surface area contributed by atoms with Crippen molar-refractivity contribution in [2.75, 3.05) is 0 Å². The lowest BCUT2D eigenvalue weighted by molar-refractivity contribution is -0.137. The fourth-order valence-electron chi connectivity index (χ4n) is 1.55. The third kappa shape index (κ3) is 4.04. The molecule has 1 N–H and O–H groups in total. The Bertz CT molecular complexity index is 404. The average molecular weight is 256 g/mol. The Kier molecular flexibility index (Phi) is 5.00. The zero-order valence-corrected chi connectivity index (χ0v) is 11.1. The summed E-state index contributed by atoms with van der Waals surface area (Å²) in [5, 5.41) is 8.64. The molecule has 0 aromatic heterocycles. The van der Waals surface area contributed by atoms with E-state index >= 15 is 0 Å². The summed E-state index contributed by atoms with van der Waals surface area (Å²) in [4.78, 5) is 11.0. The number of hydrogen-bond acceptors (Lipinski definition) is 2. The highest BCUT2D eigenvalue weighted by molar-refractivity contribution is 7.99. The average Bonchev–Trinajstić information content (AvgIpc) is 2.20. The van der Waals surface area contributed by atoms with Crippen molar-refractivity contribution in [3.05, 3.63) is 35.1 Å². The van der Waals surface area contributed by atoms with Crippen molar-refractivity contribution in [2.45, 2.75) is 31.8 Å². The number of carboxylic acid groups (broad SMARTS) is 1. The van der Waals surface area contributed by atoms with Gasteiger partial charge in [-0.1, -0.05) is 19.9 Å². The molecule has 0 aliphatic rings. The quantitative estimate of drug-likeness (QED) is 0.876. The second-order valence-electron chi connectivity index (χ2n) is 4.38. The summed E-state index contributed by atoms with van der Waals surface area (Å²) in [5.41, 5.74) is 1.86. The highest BCUT2D eigenvalue weighted by atomic mass is 32.2. The lowest BCUT2D eigenvalue weighted by Crippen LogP contribution is -2.22. The smallest absolute Gasteiger partial charge is 0.316 e. The number of carboxylic acids is 1. The van der Waals surface area contributed by atoms with Crippen LogP contribution in [0.25, 0.3) is 0 Å². The molecule has 4 heteroatoms. The van der Waals surface area contributed by atoms with Crippen molar-refractivity contribution in [3.63, 3.8) is 0 Å². The van der Waals surface area contributed by atoms with Crippen LogP contribution in [-0.4, -0.2) is 16.3 Å². The number of hydrogen-bond donors (Lipinski definition) is 1. The summed E-state index contributed by atoms with van der Waals surface area (Å²) in [7, 11) is 0. The summed E-state index contributed by atoms with van der Waals surface area (Å²) < 4.78 is 12.9. The summed E-state index contributed by atoms with van der Waals surface area (Å²) in [6.07, 6.45) is 0. The first kappa shape index (κ1) is 14.0. The molecule has 0 fully saturated rings. The Morgan fingerprint density at radius 1 is 1.47 bits per heavy atom. The number of benzene rings is 1. The maximum Gasteiger partial charge on any atom is 0.316 e. The van der Waals surface area contributed by atoms with Crippen molar-refractivity contribution in [2.24, 2.45) is 5.92 Å². The van der Waals surface area contributed by atoms with Crippen molar-refractivity contribution in [1.82, 2.24) is 0 Å². The molecule has 1 aromatic rings. The Hall–Kier alpha value is -1.03. The van der Waals surface area contributed by atoms with Crippen LogP contribution in [0.15, 0.2) is 18.2 Å². The van der Waals surface area contributed by atoms with Crippen LogP contribution < -0.4 is 0 Å². The molecule has 0 amide bonds. The van der Waals surface area contributed by atoms with Gasteiger partial charge in [0.25, 0.3) is 0 Å². The fourth-order valence-corrected chi connectivity index (χ4v) is 2.76. The molecule has 0 bridgehead atoms. The summed E-state index contributed by atoms with van der Waals surface area (Å²) >= 11 is 1.39. The van der Waals surface area contributed by atoms with Gasteiger partial charge in [-0.3, -0.25) is 4.79 Å². The van der Waals surface area contributed by atoms with Crippen LogP contribution in [-0.2, 0) is 10.5 Å².